The zero-order valence-electron chi connectivity index (χ0n) is 9.82. The smallest absolute Gasteiger partial charge is 0.199 e. The van der Waals surface area contributed by atoms with E-state index in [0.717, 1.165) is 12.2 Å². The highest BCUT2D eigenvalue weighted by Crippen LogP contribution is 2.14. The molecule has 0 amide bonds. The van der Waals surface area contributed by atoms with Gasteiger partial charge in [0.2, 0.25) is 0 Å². The highest BCUT2D eigenvalue weighted by Gasteiger charge is 2.08. The fraction of sp³-hybridized carbons (Fsp3) is 0.273. The van der Waals surface area contributed by atoms with Gasteiger partial charge in [-0.3, -0.25) is 4.98 Å². The van der Waals surface area contributed by atoms with Gasteiger partial charge in [0, 0.05) is 17.3 Å². The van der Waals surface area contributed by atoms with Crippen LogP contribution in [-0.2, 0) is 6.42 Å². The molecule has 3 aromatic rings. The lowest BCUT2D eigenvalue weighted by Crippen LogP contribution is -2.19. The minimum Gasteiger partial charge on any atom is -0.366 e. The first-order chi connectivity index (χ1) is 8.83. The van der Waals surface area contributed by atoms with Crippen molar-refractivity contribution in [2.75, 3.05) is 5.32 Å². The number of rotatable bonds is 4. The third-order valence-electron chi connectivity index (χ3n) is 2.59. The van der Waals surface area contributed by atoms with Gasteiger partial charge in [-0.2, -0.15) is 4.52 Å². The molecule has 0 fully saturated rings. The Morgan fingerprint density at radius 1 is 1.44 bits per heavy atom. The molecule has 6 nitrogen and oxygen atoms in total. The number of fused-ring (bicyclic) bond motifs is 1. The minimum atomic E-state index is 0.292. The summed E-state index contributed by atoms with van der Waals surface area (Å²) >= 11 is 1.76. The second-order valence-electron chi connectivity index (χ2n) is 4.07. The summed E-state index contributed by atoms with van der Waals surface area (Å²) in [7, 11) is 0. The van der Waals surface area contributed by atoms with Crippen LogP contribution in [0, 0.1) is 0 Å². The average Bonchev–Trinajstić information content (AvgIpc) is 2.99. The second-order valence-corrected chi connectivity index (χ2v) is 5.10. The van der Waals surface area contributed by atoms with Crippen molar-refractivity contribution in [2.24, 2.45) is 0 Å². The fourth-order valence-electron chi connectivity index (χ4n) is 1.81. The first kappa shape index (κ1) is 11.1. The van der Waals surface area contributed by atoms with Gasteiger partial charge in [-0.05, 0) is 28.8 Å². The number of nitrogens with one attached hydrogen (secondary N) is 1. The van der Waals surface area contributed by atoms with Crippen molar-refractivity contribution in [1.82, 2.24) is 25.0 Å². The molecule has 0 radical (unpaired) electrons. The molecule has 0 spiro atoms. The van der Waals surface area contributed by atoms with E-state index in [1.54, 1.807) is 28.2 Å². The number of nitrogens with zero attached hydrogens (tertiary/aromatic N) is 5. The molecule has 1 unspecified atom stereocenters. The Morgan fingerprint density at radius 2 is 2.39 bits per heavy atom. The quantitative estimate of drug-likeness (QED) is 0.772. The van der Waals surface area contributed by atoms with Gasteiger partial charge in [0.25, 0.3) is 0 Å². The molecule has 0 saturated carbocycles. The van der Waals surface area contributed by atoms with Crippen LogP contribution in [0.25, 0.3) is 5.65 Å². The summed E-state index contributed by atoms with van der Waals surface area (Å²) in [5.41, 5.74) is 0.642. The minimum absolute atomic E-state index is 0.292. The van der Waals surface area contributed by atoms with Crippen LogP contribution < -0.4 is 5.32 Å². The summed E-state index contributed by atoms with van der Waals surface area (Å²) < 4.78 is 1.65. The third kappa shape index (κ3) is 2.17. The fourth-order valence-corrected chi connectivity index (χ4v) is 2.64. The van der Waals surface area contributed by atoms with E-state index in [9.17, 15) is 0 Å². The summed E-state index contributed by atoms with van der Waals surface area (Å²) in [5.74, 6) is 0.807. The lowest BCUT2D eigenvalue weighted by Gasteiger charge is -2.14. The van der Waals surface area contributed by atoms with Crippen LogP contribution in [0.15, 0.2) is 29.9 Å². The molecule has 3 aromatic heterocycles. The first-order valence-corrected chi connectivity index (χ1v) is 6.52. The predicted octanol–water partition coefficient (Wildman–Crippen LogP) is 1.62. The van der Waals surface area contributed by atoms with E-state index in [1.165, 1.54) is 4.88 Å². The van der Waals surface area contributed by atoms with Gasteiger partial charge in [0.05, 0.1) is 12.4 Å². The maximum atomic E-state index is 4.11. The molecule has 7 heteroatoms. The molecule has 92 valence electrons. The topological polar surface area (TPSA) is 68.0 Å². The Kier molecular flexibility index (Phi) is 2.89. The zero-order chi connectivity index (χ0) is 12.4. The van der Waals surface area contributed by atoms with Gasteiger partial charge in [-0.15, -0.1) is 16.4 Å². The Balaban J connectivity index is 1.77. The SMILES string of the molecule is CC(Cc1cccs1)Nc1cncc2nnnn12. The molecule has 18 heavy (non-hydrogen) atoms. The normalized spacial score (nSPS) is 12.7. The second kappa shape index (κ2) is 4.69. The number of hydrogen-bond donors (Lipinski definition) is 1. The van der Waals surface area contributed by atoms with Gasteiger partial charge in [-0.25, -0.2) is 0 Å². The van der Waals surface area contributed by atoms with E-state index >= 15 is 0 Å². The summed E-state index contributed by atoms with van der Waals surface area (Å²) in [6.07, 6.45) is 4.33. The van der Waals surface area contributed by atoms with Gasteiger partial charge >= 0.3 is 0 Å². The zero-order valence-corrected chi connectivity index (χ0v) is 10.6. The van der Waals surface area contributed by atoms with E-state index in [4.69, 9.17) is 0 Å². The van der Waals surface area contributed by atoms with Crippen molar-refractivity contribution >= 4 is 22.8 Å². The highest BCUT2D eigenvalue weighted by atomic mass is 32.1. The van der Waals surface area contributed by atoms with E-state index in [0.29, 0.717) is 11.7 Å². The molecule has 3 heterocycles. The van der Waals surface area contributed by atoms with E-state index in [2.05, 4.69) is 50.3 Å². The van der Waals surface area contributed by atoms with Crippen LogP contribution in [-0.4, -0.2) is 31.1 Å². The number of aromatic nitrogens is 5. The van der Waals surface area contributed by atoms with Crippen molar-refractivity contribution in [2.45, 2.75) is 19.4 Å². The molecule has 1 N–H and O–H groups in total. The molecular weight excluding hydrogens is 248 g/mol. The molecule has 0 bridgehead atoms. The lowest BCUT2D eigenvalue weighted by molar-refractivity contribution is 0.764. The monoisotopic (exact) mass is 260 g/mol. The Hall–Kier alpha value is -2.02. The summed E-state index contributed by atoms with van der Waals surface area (Å²) in [5, 5.41) is 16.9. The van der Waals surface area contributed by atoms with E-state index in [-0.39, 0.29) is 0 Å². The van der Waals surface area contributed by atoms with E-state index < -0.39 is 0 Å². The average molecular weight is 260 g/mol. The predicted molar refractivity (Wildman–Crippen MR) is 69.7 cm³/mol. The van der Waals surface area contributed by atoms with Crippen LogP contribution in [0.4, 0.5) is 5.82 Å². The largest absolute Gasteiger partial charge is 0.366 e. The molecule has 0 aromatic carbocycles. The van der Waals surface area contributed by atoms with Gasteiger partial charge in [0.15, 0.2) is 11.5 Å². The van der Waals surface area contributed by atoms with Gasteiger partial charge in [0.1, 0.15) is 0 Å². The standard InChI is InChI=1S/C11H12N6S/c1-8(5-9-3-2-4-18-9)13-10-6-12-7-11-14-15-16-17(10)11/h2-4,6-8,13H,5H2,1H3. The molecule has 3 rings (SSSR count). The van der Waals surface area contributed by atoms with Crippen LogP contribution >= 0.6 is 11.3 Å². The Labute approximate surface area is 108 Å². The number of tetrazole rings is 1. The Morgan fingerprint density at radius 3 is 3.22 bits per heavy atom. The number of hydrogen-bond acceptors (Lipinski definition) is 6. The number of thiophene rings is 1. The van der Waals surface area contributed by atoms with Gasteiger partial charge in [-0.1, -0.05) is 6.07 Å². The van der Waals surface area contributed by atoms with Crippen molar-refractivity contribution in [3.05, 3.63) is 34.8 Å². The van der Waals surface area contributed by atoms with Gasteiger partial charge < -0.3 is 5.32 Å². The van der Waals surface area contributed by atoms with Crippen molar-refractivity contribution in [3.8, 4) is 0 Å². The molecule has 1 atom stereocenters. The number of anilines is 1. The van der Waals surface area contributed by atoms with Crippen LogP contribution in [0.1, 0.15) is 11.8 Å². The van der Waals surface area contributed by atoms with Crippen molar-refractivity contribution in [3.63, 3.8) is 0 Å². The maximum Gasteiger partial charge on any atom is 0.199 e. The molecule has 0 aliphatic heterocycles. The maximum absolute atomic E-state index is 4.11. The summed E-state index contributed by atoms with van der Waals surface area (Å²) in [6, 6.07) is 4.50. The van der Waals surface area contributed by atoms with Crippen molar-refractivity contribution in [1.29, 1.82) is 0 Å². The van der Waals surface area contributed by atoms with Crippen LogP contribution in [0.3, 0.4) is 0 Å². The first-order valence-electron chi connectivity index (χ1n) is 5.64. The third-order valence-corrected chi connectivity index (χ3v) is 3.49. The summed E-state index contributed by atoms with van der Waals surface area (Å²) in [6.45, 7) is 2.13. The highest BCUT2D eigenvalue weighted by molar-refractivity contribution is 7.09. The molecule has 0 aliphatic carbocycles. The van der Waals surface area contributed by atoms with E-state index in [1.807, 2.05) is 0 Å². The summed E-state index contributed by atoms with van der Waals surface area (Å²) in [4.78, 5) is 5.47. The molecule has 0 saturated heterocycles. The van der Waals surface area contributed by atoms with Crippen LogP contribution in [0.5, 0.6) is 0 Å². The molecular formula is C11H12N6S. The lowest BCUT2D eigenvalue weighted by atomic mass is 10.2. The Bertz CT molecular complexity index is 632. The van der Waals surface area contributed by atoms with Crippen molar-refractivity contribution < 1.29 is 0 Å². The van der Waals surface area contributed by atoms with Crippen LogP contribution in [0.2, 0.25) is 0 Å². The molecule has 0 aliphatic rings.